The van der Waals surface area contributed by atoms with Crippen LogP contribution in [0.5, 0.6) is 5.75 Å². The van der Waals surface area contributed by atoms with E-state index in [0.717, 1.165) is 11.0 Å². The number of benzene rings is 1. The third kappa shape index (κ3) is 2.55. The molecule has 0 unspecified atom stereocenters. The van der Waals surface area contributed by atoms with Crippen LogP contribution in [0.3, 0.4) is 0 Å². The molecule has 110 valence electrons. The van der Waals surface area contributed by atoms with Crippen LogP contribution < -0.4 is 15.9 Å². The number of rotatable bonds is 3. The average Bonchev–Trinajstić information content (AvgIpc) is 2.57. The van der Waals surface area contributed by atoms with Crippen LogP contribution >= 0.6 is 11.6 Å². The Bertz CT molecular complexity index is 503. The molecule has 0 spiro atoms. The van der Waals surface area contributed by atoms with Gasteiger partial charge in [-0.1, -0.05) is 17.7 Å². The van der Waals surface area contributed by atoms with Crippen molar-refractivity contribution >= 4 is 24.2 Å². The van der Waals surface area contributed by atoms with Gasteiger partial charge in [-0.25, -0.2) is 0 Å². The molecule has 0 saturated carbocycles. The molecule has 1 fully saturated rings. The Morgan fingerprint density at radius 2 is 1.75 bits per heavy atom. The molecule has 2 rings (SSSR count). The molecule has 1 saturated heterocycles. The fourth-order valence-electron chi connectivity index (χ4n) is 2.12. The summed E-state index contributed by atoms with van der Waals surface area (Å²) < 4.78 is 17.3. The molecule has 1 aromatic carbocycles. The van der Waals surface area contributed by atoms with Crippen molar-refractivity contribution in [3.63, 3.8) is 0 Å². The first-order valence-corrected chi connectivity index (χ1v) is 7.01. The van der Waals surface area contributed by atoms with E-state index in [9.17, 15) is 0 Å². The Hall–Kier alpha value is -0.745. The SMILES string of the molecule is COc1cc(Cl)c(B2OC(C)(C)C(C)(C)O2)cc1CN. The van der Waals surface area contributed by atoms with E-state index < -0.39 is 18.3 Å². The summed E-state index contributed by atoms with van der Waals surface area (Å²) in [5.41, 5.74) is 6.61. The molecule has 1 aromatic rings. The summed E-state index contributed by atoms with van der Waals surface area (Å²) >= 11 is 6.32. The number of halogens is 1. The Kier molecular flexibility index (Phi) is 4.09. The highest BCUT2D eigenvalue weighted by Gasteiger charge is 2.52. The molecule has 0 amide bonds. The van der Waals surface area contributed by atoms with Gasteiger partial charge in [-0.3, -0.25) is 0 Å². The summed E-state index contributed by atoms with van der Waals surface area (Å²) in [5.74, 6) is 0.678. The Morgan fingerprint density at radius 1 is 1.20 bits per heavy atom. The van der Waals surface area contributed by atoms with E-state index in [1.165, 1.54) is 0 Å². The zero-order valence-electron chi connectivity index (χ0n) is 12.6. The summed E-state index contributed by atoms with van der Waals surface area (Å²) in [6, 6.07) is 3.65. The Balaban J connectivity index is 2.40. The van der Waals surface area contributed by atoms with Crippen molar-refractivity contribution in [3.8, 4) is 5.75 Å². The van der Waals surface area contributed by atoms with E-state index in [4.69, 9.17) is 31.4 Å². The number of methoxy groups -OCH3 is 1. The standard InChI is InChI=1S/C14H21BClNO3/c1-13(2)14(3,4)20-15(19-13)10-6-9(8-17)12(18-5)7-11(10)16/h6-7H,8,17H2,1-5H3. The van der Waals surface area contributed by atoms with Gasteiger partial charge < -0.3 is 19.8 Å². The lowest BCUT2D eigenvalue weighted by Gasteiger charge is -2.32. The minimum atomic E-state index is -0.497. The topological polar surface area (TPSA) is 53.7 Å². The highest BCUT2D eigenvalue weighted by molar-refractivity contribution is 6.65. The molecule has 1 aliphatic heterocycles. The summed E-state index contributed by atoms with van der Waals surface area (Å²) in [5, 5.41) is 0.553. The maximum absolute atomic E-state index is 6.32. The van der Waals surface area contributed by atoms with Gasteiger partial charge in [0, 0.05) is 22.6 Å². The van der Waals surface area contributed by atoms with Crippen LogP contribution in [0, 0.1) is 0 Å². The molecule has 6 heteroatoms. The first-order valence-electron chi connectivity index (χ1n) is 6.64. The van der Waals surface area contributed by atoms with Gasteiger partial charge >= 0.3 is 7.12 Å². The average molecular weight is 298 g/mol. The Labute approximate surface area is 125 Å². The molecule has 0 aliphatic carbocycles. The predicted octanol–water partition coefficient (Wildman–Crippen LogP) is 2.11. The summed E-state index contributed by atoms with van der Waals surface area (Å²) in [7, 11) is 1.10. The van der Waals surface area contributed by atoms with Crippen LogP contribution in [0.4, 0.5) is 0 Å². The van der Waals surface area contributed by atoms with E-state index in [-0.39, 0.29) is 0 Å². The summed E-state index contributed by atoms with van der Waals surface area (Å²) in [6.07, 6.45) is 0. The van der Waals surface area contributed by atoms with E-state index in [0.29, 0.717) is 17.3 Å². The summed E-state index contributed by atoms with van der Waals surface area (Å²) in [4.78, 5) is 0. The van der Waals surface area contributed by atoms with E-state index in [1.807, 2.05) is 33.8 Å². The number of ether oxygens (including phenoxy) is 1. The fourth-order valence-corrected chi connectivity index (χ4v) is 2.36. The molecule has 1 heterocycles. The molecule has 0 atom stereocenters. The Morgan fingerprint density at radius 3 is 2.20 bits per heavy atom. The second-order valence-corrected chi connectivity index (χ2v) is 6.39. The van der Waals surface area contributed by atoms with Crippen molar-refractivity contribution in [1.29, 1.82) is 0 Å². The molecule has 0 aromatic heterocycles. The number of nitrogens with two attached hydrogens (primary N) is 1. The molecule has 4 nitrogen and oxygen atoms in total. The minimum Gasteiger partial charge on any atom is -0.496 e. The van der Waals surface area contributed by atoms with E-state index >= 15 is 0 Å². The zero-order valence-corrected chi connectivity index (χ0v) is 13.4. The number of hydrogen-bond donors (Lipinski definition) is 1. The van der Waals surface area contributed by atoms with E-state index in [1.54, 1.807) is 13.2 Å². The molecular formula is C14H21BClNO3. The van der Waals surface area contributed by atoms with E-state index in [2.05, 4.69) is 0 Å². The van der Waals surface area contributed by atoms with Crippen molar-refractivity contribution in [2.45, 2.75) is 45.4 Å². The van der Waals surface area contributed by atoms with Gasteiger partial charge in [0.15, 0.2) is 0 Å². The summed E-state index contributed by atoms with van der Waals surface area (Å²) in [6.45, 7) is 8.40. The van der Waals surface area contributed by atoms with Crippen LogP contribution in [-0.2, 0) is 15.9 Å². The third-order valence-corrected chi connectivity index (χ3v) is 4.45. The normalized spacial score (nSPS) is 20.2. The fraction of sp³-hybridized carbons (Fsp3) is 0.571. The smallest absolute Gasteiger partial charge is 0.496 e. The van der Waals surface area contributed by atoms with Gasteiger partial charge in [0.1, 0.15) is 5.75 Å². The number of hydrogen-bond acceptors (Lipinski definition) is 4. The van der Waals surface area contributed by atoms with Crippen molar-refractivity contribution in [2.75, 3.05) is 7.11 Å². The largest absolute Gasteiger partial charge is 0.496 e. The van der Waals surface area contributed by atoms with Crippen molar-refractivity contribution in [3.05, 3.63) is 22.7 Å². The van der Waals surface area contributed by atoms with Gasteiger partial charge in [0.05, 0.1) is 18.3 Å². The monoisotopic (exact) mass is 297 g/mol. The van der Waals surface area contributed by atoms with Crippen LogP contribution in [-0.4, -0.2) is 25.4 Å². The molecular weight excluding hydrogens is 276 g/mol. The quantitative estimate of drug-likeness (QED) is 0.868. The second kappa shape index (κ2) is 5.22. The highest BCUT2D eigenvalue weighted by atomic mass is 35.5. The first-order chi connectivity index (χ1) is 9.21. The molecule has 20 heavy (non-hydrogen) atoms. The van der Waals surface area contributed by atoms with Gasteiger partial charge in [0.25, 0.3) is 0 Å². The van der Waals surface area contributed by atoms with Gasteiger partial charge in [-0.15, -0.1) is 0 Å². The van der Waals surface area contributed by atoms with Crippen LogP contribution in [0.15, 0.2) is 12.1 Å². The van der Waals surface area contributed by atoms with Gasteiger partial charge in [0.2, 0.25) is 0 Å². The third-order valence-electron chi connectivity index (χ3n) is 4.13. The second-order valence-electron chi connectivity index (χ2n) is 5.98. The van der Waals surface area contributed by atoms with Crippen molar-refractivity contribution in [2.24, 2.45) is 5.73 Å². The lowest BCUT2D eigenvalue weighted by molar-refractivity contribution is 0.00578. The molecule has 0 radical (unpaired) electrons. The maximum Gasteiger partial charge on any atom is 0.496 e. The van der Waals surface area contributed by atoms with Crippen LogP contribution in [0.1, 0.15) is 33.3 Å². The highest BCUT2D eigenvalue weighted by Crippen LogP contribution is 2.37. The first kappa shape index (κ1) is 15.6. The minimum absolute atomic E-state index is 0.368. The molecule has 0 bridgehead atoms. The van der Waals surface area contributed by atoms with Gasteiger partial charge in [-0.2, -0.15) is 0 Å². The zero-order chi connectivity index (χ0) is 15.1. The van der Waals surface area contributed by atoms with Crippen molar-refractivity contribution in [1.82, 2.24) is 0 Å². The maximum atomic E-state index is 6.32. The van der Waals surface area contributed by atoms with Crippen LogP contribution in [0.2, 0.25) is 5.02 Å². The van der Waals surface area contributed by atoms with Gasteiger partial charge in [-0.05, 0) is 33.8 Å². The predicted molar refractivity (Wildman–Crippen MR) is 81.6 cm³/mol. The lowest BCUT2D eigenvalue weighted by Crippen LogP contribution is -2.41. The van der Waals surface area contributed by atoms with Crippen LogP contribution in [0.25, 0.3) is 0 Å². The molecule has 2 N–H and O–H groups in total. The lowest BCUT2D eigenvalue weighted by atomic mass is 9.78. The molecule has 1 aliphatic rings. The van der Waals surface area contributed by atoms with Crippen molar-refractivity contribution < 1.29 is 14.0 Å².